The van der Waals surface area contributed by atoms with Gasteiger partial charge >= 0.3 is 35.5 Å². The van der Waals surface area contributed by atoms with Gasteiger partial charge in [0.05, 0.1) is 21.7 Å². The average molecular weight is 599 g/mol. The van der Waals surface area contributed by atoms with E-state index in [0.717, 1.165) is 24.3 Å². The van der Waals surface area contributed by atoms with E-state index in [2.05, 4.69) is 17.5 Å². The maximum absolute atomic E-state index is 11.0. The van der Waals surface area contributed by atoms with Gasteiger partial charge in [-0.25, -0.2) is 0 Å². The Hall–Kier alpha value is -1.50. The molecule has 40 heavy (non-hydrogen) atoms. The molecule has 0 amide bonds. The number of carbonyl (C=O) groups is 2. The molecule has 1 aliphatic rings. The number of carbonyl (C=O) groups excluding carboxylic acids is 1. The maximum atomic E-state index is 11.0. The van der Waals surface area contributed by atoms with Crippen LogP contribution in [0.5, 0.6) is 0 Å². The van der Waals surface area contributed by atoms with E-state index in [-0.39, 0.29) is 35.1 Å². The fraction of sp³-hybridized carbons (Fsp3) is 0.500. The van der Waals surface area contributed by atoms with Crippen molar-refractivity contribution in [2.24, 2.45) is 5.92 Å². The van der Waals surface area contributed by atoms with Gasteiger partial charge in [-0.15, -0.1) is 0 Å². The molecule has 0 fully saturated rings. The van der Waals surface area contributed by atoms with Crippen molar-refractivity contribution in [3.63, 3.8) is 0 Å². The summed E-state index contributed by atoms with van der Waals surface area (Å²) in [5.74, 6) is -1.03. The number of para-hydroxylation sites is 1. The van der Waals surface area contributed by atoms with Crippen LogP contribution in [0.1, 0.15) is 106 Å². The summed E-state index contributed by atoms with van der Waals surface area (Å²) >= 11 is 12.2. The second kappa shape index (κ2) is 21.2. The second-order valence-electron chi connectivity index (χ2n) is 10.2. The molecule has 2 aromatic rings. The van der Waals surface area contributed by atoms with E-state index in [1.165, 1.54) is 76.7 Å². The molecule has 5 nitrogen and oxygen atoms in total. The van der Waals surface area contributed by atoms with Crippen molar-refractivity contribution in [1.29, 1.82) is 0 Å². The molecular weight excluding hydrogens is 556 g/mol. The van der Waals surface area contributed by atoms with Gasteiger partial charge in [0.25, 0.3) is 0 Å². The van der Waals surface area contributed by atoms with E-state index in [9.17, 15) is 14.7 Å². The molecule has 214 valence electrons. The molecule has 8 heteroatoms. The Labute approximate surface area is 272 Å². The normalized spacial score (nSPS) is 13.7. The van der Waals surface area contributed by atoms with Gasteiger partial charge < -0.3 is 20.3 Å². The molecule has 1 atom stereocenters. The van der Waals surface area contributed by atoms with Gasteiger partial charge in [-0.3, -0.25) is 4.79 Å². The molecule has 0 spiro atoms. The number of halogens is 2. The van der Waals surface area contributed by atoms with Crippen molar-refractivity contribution < 1.29 is 49.4 Å². The Kier molecular flexibility index (Phi) is 19.4. The molecule has 0 aliphatic heterocycles. The summed E-state index contributed by atoms with van der Waals surface area (Å²) in [6.45, 7) is 1.84. The minimum absolute atomic E-state index is 0. The maximum Gasteiger partial charge on any atom is 1.00 e. The third-order valence-corrected chi connectivity index (χ3v) is 7.82. The quantitative estimate of drug-likeness (QED) is 0.138. The standard InChI is InChI=1S/C18H32O2.C14H11Cl2NO2.Na/c19-18(20)16-10-8-6-4-2-1-3-5-7-9-13-17-14-11-12-15-17;1-8-6-7-10(15)13(12(8)16)17-11-5-3-2-4-9(11)14(18)19;/h11,14,17H,1-10,12-13,15-16H2,(H,19,20);2-7,17H,1H3,(H,18,19);/q;;+1/p-1. The first-order valence-corrected chi connectivity index (χ1v) is 15.0. The van der Waals surface area contributed by atoms with Crippen LogP contribution in [-0.2, 0) is 4.79 Å². The minimum Gasteiger partial charge on any atom is -0.545 e. The third kappa shape index (κ3) is 14.4. The molecular formula is C32H42Cl2NNaO4. The van der Waals surface area contributed by atoms with Crippen molar-refractivity contribution in [1.82, 2.24) is 0 Å². The summed E-state index contributed by atoms with van der Waals surface area (Å²) in [5.41, 5.74) is 1.77. The molecule has 3 rings (SSSR count). The average Bonchev–Trinajstić information content (AvgIpc) is 3.43. The van der Waals surface area contributed by atoms with Crippen molar-refractivity contribution in [3.05, 3.63) is 69.7 Å². The van der Waals surface area contributed by atoms with Crippen LogP contribution in [-0.4, -0.2) is 17.0 Å². The number of unbranched alkanes of at least 4 members (excludes halogenated alkanes) is 9. The fourth-order valence-electron chi connectivity index (χ4n) is 4.71. The van der Waals surface area contributed by atoms with E-state index >= 15 is 0 Å². The molecule has 2 N–H and O–H groups in total. The van der Waals surface area contributed by atoms with Crippen LogP contribution in [0.25, 0.3) is 0 Å². The fourth-order valence-corrected chi connectivity index (χ4v) is 5.17. The number of aryl methyl sites for hydroxylation is 1. The molecule has 1 unspecified atom stereocenters. The number of carboxylic acids is 2. The van der Waals surface area contributed by atoms with Gasteiger partial charge in [0, 0.05) is 17.7 Å². The van der Waals surface area contributed by atoms with Gasteiger partial charge in [0.2, 0.25) is 0 Å². The Bertz CT molecular complexity index is 1080. The number of hydrogen-bond acceptors (Lipinski definition) is 4. The van der Waals surface area contributed by atoms with Crippen LogP contribution in [0.15, 0.2) is 48.6 Å². The van der Waals surface area contributed by atoms with Gasteiger partial charge in [0.1, 0.15) is 0 Å². The molecule has 0 saturated carbocycles. The summed E-state index contributed by atoms with van der Waals surface area (Å²) in [5, 5.41) is 23.4. The van der Waals surface area contributed by atoms with Gasteiger partial charge in [-0.2, -0.15) is 0 Å². The largest absolute Gasteiger partial charge is 1.00 e. The number of nitrogens with one attached hydrogen (secondary N) is 1. The first kappa shape index (κ1) is 36.5. The number of benzene rings is 2. The van der Waals surface area contributed by atoms with E-state index in [4.69, 9.17) is 28.3 Å². The SMILES string of the molecule is Cc1ccc(Cl)c(Nc2ccccc2C(=O)[O-])c1Cl.O=C(O)CCCCCCCCCCCCC1C=CCC1.[Na+]. The zero-order chi connectivity index (χ0) is 28.5. The number of aliphatic carboxylic acids is 1. The van der Waals surface area contributed by atoms with Crippen molar-refractivity contribution in [2.45, 2.75) is 96.8 Å². The Morgan fingerprint density at radius 1 is 0.925 bits per heavy atom. The molecule has 0 saturated heterocycles. The number of hydrogen-bond donors (Lipinski definition) is 2. The van der Waals surface area contributed by atoms with Crippen LogP contribution in [0, 0.1) is 12.8 Å². The zero-order valence-corrected chi connectivity index (χ0v) is 27.5. The van der Waals surface area contributed by atoms with Gasteiger partial charge in [-0.1, -0.05) is 117 Å². The van der Waals surface area contributed by atoms with Crippen LogP contribution in [0.2, 0.25) is 10.0 Å². The molecule has 0 heterocycles. The van der Waals surface area contributed by atoms with Crippen LogP contribution in [0.3, 0.4) is 0 Å². The van der Waals surface area contributed by atoms with E-state index in [1.807, 2.05) is 6.92 Å². The Morgan fingerprint density at radius 3 is 2.10 bits per heavy atom. The predicted molar refractivity (Wildman–Crippen MR) is 160 cm³/mol. The first-order valence-electron chi connectivity index (χ1n) is 14.2. The summed E-state index contributed by atoms with van der Waals surface area (Å²) in [6, 6.07) is 9.91. The Balaban J connectivity index is 0.000000390. The number of anilines is 2. The third-order valence-electron chi connectivity index (χ3n) is 7.02. The topological polar surface area (TPSA) is 89.5 Å². The molecule has 0 radical (unpaired) electrons. The second-order valence-corrected chi connectivity index (χ2v) is 11.0. The first-order chi connectivity index (χ1) is 18.8. The van der Waals surface area contributed by atoms with Crippen LogP contribution < -0.4 is 40.0 Å². The zero-order valence-electron chi connectivity index (χ0n) is 24.0. The number of rotatable bonds is 16. The van der Waals surface area contributed by atoms with Gasteiger partial charge in [-0.05, 0) is 56.2 Å². The van der Waals surface area contributed by atoms with E-state index in [1.54, 1.807) is 30.3 Å². The van der Waals surface area contributed by atoms with Gasteiger partial charge in [0.15, 0.2) is 0 Å². The Morgan fingerprint density at radius 2 is 1.52 bits per heavy atom. The predicted octanol–water partition coefficient (Wildman–Crippen LogP) is 6.13. The van der Waals surface area contributed by atoms with Crippen LogP contribution >= 0.6 is 23.2 Å². The van der Waals surface area contributed by atoms with Crippen molar-refractivity contribution >= 4 is 46.5 Å². The van der Waals surface area contributed by atoms with E-state index in [0.29, 0.717) is 27.8 Å². The summed E-state index contributed by atoms with van der Waals surface area (Å²) in [4.78, 5) is 21.4. The molecule has 2 aromatic carbocycles. The van der Waals surface area contributed by atoms with E-state index < -0.39 is 11.9 Å². The number of aromatic carboxylic acids is 1. The number of allylic oxidation sites excluding steroid dienone is 2. The molecule has 0 aromatic heterocycles. The summed E-state index contributed by atoms with van der Waals surface area (Å²) in [6.07, 6.45) is 21.9. The summed E-state index contributed by atoms with van der Waals surface area (Å²) in [7, 11) is 0. The van der Waals surface area contributed by atoms with Crippen molar-refractivity contribution in [2.75, 3.05) is 5.32 Å². The smallest absolute Gasteiger partial charge is 0.545 e. The molecule has 1 aliphatic carbocycles. The summed E-state index contributed by atoms with van der Waals surface area (Å²) < 4.78 is 0. The number of carboxylic acid groups (broad SMARTS) is 2. The molecule has 0 bridgehead atoms. The van der Waals surface area contributed by atoms with Crippen LogP contribution in [0.4, 0.5) is 11.4 Å². The van der Waals surface area contributed by atoms with Crippen molar-refractivity contribution in [3.8, 4) is 0 Å². The minimum atomic E-state index is -1.26. The monoisotopic (exact) mass is 597 g/mol.